The van der Waals surface area contributed by atoms with Crippen molar-refractivity contribution in [3.8, 4) is 16.9 Å². The smallest absolute Gasteiger partial charge is 0.406 e. The fraction of sp³-hybridized carbons (Fsp3) is 0.316. The predicted molar refractivity (Wildman–Crippen MR) is 92.4 cm³/mol. The van der Waals surface area contributed by atoms with Crippen molar-refractivity contribution >= 4 is 6.09 Å². The van der Waals surface area contributed by atoms with Crippen molar-refractivity contribution in [2.45, 2.75) is 6.29 Å². The summed E-state index contributed by atoms with van der Waals surface area (Å²) in [6.07, 6.45) is -0.758. The van der Waals surface area contributed by atoms with E-state index in [4.69, 9.17) is 18.9 Å². The monoisotopic (exact) mass is 343 g/mol. The Morgan fingerprint density at radius 2 is 1.80 bits per heavy atom. The van der Waals surface area contributed by atoms with Gasteiger partial charge in [0.05, 0.1) is 13.2 Å². The molecular weight excluding hydrogens is 322 g/mol. The maximum atomic E-state index is 11.0. The number of carbonyl (C=O) groups is 1. The van der Waals surface area contributed by atoms with Crippen molar-refractivity contribution in [3.05, 3.63) is 54.1 Å². The first kappa shape index (κ1) is 17.3. The van der Waals surface area contributed by atoms with E-state index in [0.717, 1.165) is 22.4 Å². The molecule has 6 nitrogen and oxygen atoms in total. The third-order valence-corrected chi connectivity index (χ3v) is 3.74. The molecule has 0 atom stereocenters. The normalized spacial score (nSPS) is 14.3. The molecule has 25 heavy (non-hydrogen) atoms. The summed E-state index contributed by atoms with van der Waals surface area (Å²) in [4.78, 5) is 11.0. The molecule has 0 aliphatic carbocycles. The van der Waals surface area contributed by atoms with Crippen molar-refractivity contribution in [2.24, 2.45) is 0 Å². The molecule has 6 heteroatoms. The number of hydrogen-bond donors (Lipinski definition) is 1. The van der Waals surface area contributed by atoms with E-state index in [2.05, 4.69) is 11.4 Å². The zero-order valence-corrected chi connectivity index (χ0v) is 14.1. The molecule has 1 amide bonds. The Morgan fingerprint density at radius 1 is 1.08 bits per heavy atom. The number of hydrogen-bond acceptors (Lipinski definition) is 5. The highest BCUT2D eigenvalue weighted by Gasteiger charge is 2.18. The molecule has 1 aliphatic rings. The van der Waals surface area contributed by atoms with Crippen LogP contribution in [0.25, 0.3) is 11.1 Å². The second-order valence-electron chi connectivity index (χ2n) is 5.46. The maximum absolute atomic E-state index is 11.0. The molecule has 2 aromatic carbocycles. The summed E-state index contributed by atoms with van der Waals surface area (Å²) >= 11 is 0. The van der Waals surface area contributed by atoms with Crippen LogP contribution in [0.5, 0.6) is 5.75 Å². The Kier molecular flexibility index (Phi) is 5.87. The summed E-state index contributed by atoms with van der Waals surface area (Å²) in [5.41, 5.74) is 3.09. The molecule has 1 N–H and O–H groups in total. The van der Waals surface area contributed by atoms with Crippen LogP contribution in [0.15, 0.2) is 48.5 Å². The van der Waals surface area contributed by atoms with E-state index in [1.165, 1.54) is 7.05 Å². The topological polar surface area (TPSA) is 66.0 Å². The highest BCUT2D eigenvalue weighted by atomic mass is 16.7. The largest absolute Gasteiger partial charge is 0.490 e. The van der Waals surface area contributed by atoms with Gasteiger partial charge in [-0.05, 0) is 29.3 Å². The second-order valence-corrected chi connectivity index (χ2v) is 5.46. The van der Waals surface area contributed by atoms with Gasteiger partial charge < -0.3 is 24.3 Å². The molecule has 1 fully saturated rings. The van der Waals surface area contributed by atoms with Gasteiger partial charge in [-0.3, -0.25) is 0 Å². The Bertz CT molecular complexity index is 712. The second kappa shape index (κ2) is 8.50. The lowest BCUT2D eigenvalue weighted by Gasteiger charge is -2.12. The molecule has 2 aromatic rings. The van der Waals surface area contributed by atoms with Crippen LogP contribution in [0.4, 0.5) is 4.79 Å². The number of nitrogens with one attached hydrogen (secondary N) is 1. The number of rotatable bonds is 6. The Hall–Kier alpha value is -2.57. The van der Waals surface area contributed by atoms with Crippen LogP contribution in [-0.2, 0) is 14.2 Å². The van der Waals surface area contributed by atoms with E-state index in [9.17, 15) is 4.79 Å². The third-order valence-electron chi connectivity index (χ3n) is 3.74. The lowest BCUT2D eigenvalue weighted by Crippen LogP contribution is -2.21. The van der Waals surface area contributed by atoms with Crippen LogP contribution < -0.4 is 10.1 Å². The van der Waals surface area contributed by atoms with Gasteiger partial charge in [0, 0.05) is 12.6 Å². The minimum Gasteiger partial charge on any atom is -0.490 e. The number of carbonyl (C=O) groups excluding carboxylic acids is 1. The Balaban J connectivity index is 1.64. The molecule has 0 radical (unpaired) electrons. The fourth-order valence-electron chi connectivity index (χ4n) is 2.55. The summed E-state index contributed by atoms with van der Waals surface area (Å²) in [5, 5.41) is 2.39. The lowest BCUT2D eigenvalue weighted by molar-refractivity contribution is -0.0440. The summed E-state index contributed by atoms with van der Waals surface area (Å²) in [6, 6.07) is 15.8. The van der Waals surface area contributed by atoms with Crippen LogP contribution >= 0.6 is 0 Å². The first-order valence-electron chi connectivity index (χ1n) is 8.17. The van der Waals surface area contributed by atoms with Crippen molar-refractivity contribution < 1.29 is 23.7 Å². The van der Waals surface area contributed by atoms with Gasteiger partial charge in [-0.25, -0.2) is 4.79 Å². The van der Waals surface area contributed by atoms with Crippen LogP contribution in [0, 0.1) is 0 Å². The quantitative estimate of drug-likeness (QED) is 0.816. The van der Waals surface area contributed by atoms with E-state index < -0.39 is 6.09 Å². The number of alkyl carbamates (subject to hydrolysis) is 1. The van der Waals surface area contributed by atoms with Gasteiger partial charge in [0.1, 0.15) is 19.0 Å². The first-order chi connectivity index (χ1) is 12.3. The highest BCUT2D eigenvalue weighted by Crippen LogP contribution is 2.29. The molecule has 3 rings (SSSR count). The number of amides is 1. The zero-order valence-electron chi connectivity index (χ0n) is 14.1. The third kappa shape index (κ3) is 4.71. The molecule has 0 unspecified atom stereocenters. The summed E-state index contributed by atoms with van der Waals surface area (Å²) in [7, 11) is 1.52. The van der Waals surface area contributed by atoms with E-state index >= 15 is 0 Å². The standard InChI is InChI=1S/C19H21NO5/c1-20-19(21)25-11-8-22-17-7-3-5-15(13-17)14-4-2-6-16(12-14)18-23-9-10-24-18/h2-7,12-13,18H,8-11H2,1H3,(H,20,21). The van der Waals surface area contributed by atoms with Crippen LogP contribution in [-0.4, -0.2) is 39.6 Å². The van der Waals surface area contributed by atoms with Gasteiger partial charge in [-0.1, -0.05) is 30.3 Å². The molecular formula is C19H21NO5. The van der Waals surface area contributed by atoms with Crippen molar-refractivity contribution in [1.29, 1.82) is 0 Å². The Labute approximate surface area is 146 Å². The minimum absolute atomic E-state index is 0.190. The molecule has 1 aliphatic heterocycles. The first-order valence-corrected chi connectivity index (χ1v) is 8.17. The van der Waals surface area contributed by atoms with Crippen molar-refractivity contribution in [2.75, 3.05) is 33.5 Å². The molecule has 0 spiro atoms. The lowest BCUT2D eigenvalue weighted by atomic mass is 10.0. The molecule has 0 aromatic heterocycles. The van der Waals surface area contributed by atoms with E-state index in [1.807, 2.05) is 42.5 Å². The molecule has 1 saturated heterocycles. The van der Waals surface area contributed by atoms with Gasteiger partial charge in [0.25, 0.3) is 0 Å². The van der Waals surface area contributed by atoms with E-state index in [0.29, 0.717) is 19.8 Å². The maximum Gasteiger partial charge on any atom is 0.406 e. The van der Waals surface area contributed by atoms with E-state index in [-0.39, 0.29) is 12.9 Å². The number of ether oxygens (including phenoxy) is 4. The highest BCUT2D eigenvalue weighted by molar-refractivity contribution is 5.67. The van der Waals surface area contributed by atoms with Crippen molar-refractivity contribution in [3.63, 3.8) is 0 Å². The van der Waals surface area contributed by atoms with Crippen LogP contribution in [0.3, 0.4) is 0 Å². The van der Waals surface area contributed by atoms with Crippen LogP contribution in [0.2, 0.25) is 0 Å². The molecule has 132 valence electrons. The Morgan fingerprint density at radius 3 is 2.56 bits per heavy atom. The molecule has 1 heterocycles. The number of benzene rings is 2. The average molecular weight is 343 g/mol. The van der Waals surface area contributed by atoms with Gasteiger partial charge in [0.15, 0.2) is 6.29 Å². The van der Waals surface area contributed by atoms with Gasteiger partial charge in [-0.2, -0.15) is 0 Å². The summed E-state index contributed by atoms with van der Waals surface area (Å²) < 4.78 is 21.6. The predicted octanol–water partition coefficient (Wildman–Crippen LogP) is 3.13. The van der Waals surface area contributed by atoms with Gasteiger partial charge in [0.2, 0.25) is 0 Å². The van der Waals surface area contributed by atoms with E-state index in [1.54, 1.807) is 0 Å². The minimum atomic E-state index is -0.467. The molecule has 0 bridgehead atoms. The molecule has 0 saturated carbocycles. The van der Waals surface area contributed by atoms with Gasteiger partial charge in [-0.15, -0.1) is 0 Å². The van der Waals surface area contributed by atoms with Gasteiger partial charge >= 0.3 is 6.09 Å². The summed E-state index contributed by atoms with van der Waals surface area (Å²) in [6.45, 7) is 1.73. The SMILES string of the molecule is CNC(=O)OCCOc1cccc(-c2cccc(C3OCCO3)c2)c1. The van der Waals surface area contributed by atoms with Crippen molar-refractivity contribution in [1.82, 2.24) is 5.32 Å². The average Bonchev–Trinajstić information content (AvgIpc) is 3.20. The zero-order chi connectivity index (χ0) is 17.5. The fourth-order valence-corrected chi connectivity index (χ4v) is 2.55. The summed E-state index contributed by atoms with van der Waals surface area (Å²) in [5.74, 6) is 0.719. The van der Waals surface area contributed by atoms with Crippen LogP contribution in [0.1, 0.15) is 11.9 Å².